The quantitative estimate of drug-likeness (QED) is 0.656. The fourth-order valence-corrected chi connectivity index (χ4v) is 2.06. The van der Waals surface area contributed by atoms with E-state index in [4.69, 9.17) is 4.42 Å². The minimum absolute atomic E-state index is 0.778. The smallest absolute Gasteiger partial charge is 0.221 e. The van der Waals surface area contributed by atoms with E-state index in [9.17, 15) is 0 Å². The summed E-state index contributed by atoms with van der Waals surface area (Å²) >= 11 is 1.74. The van der Waals surface area contributed by atoms with E-state index in [2.05, 4.69) is 9.98 Å². The van der Waals surface area contributed by atoms with Crippen LogP contribution in [0, 0.1) is 0 Å². The summed E-state index contributed by atoms with van der Waals surface area (Å²) in [6, 6.07) is 0. The molecule has 1 aliphatic rings. The first-order chi connectivity index (χ1) is 5.92. The molecule has 2 rings (SSSR count). The normalized spacial score (nSPS) is 20.8. The maximum Gasteiger partial charge on any atom is 0.221 e. The van der Waals surface area contributed by atoms with Gasteiger partial charge in [0.1, 0.15) is 0 Å². The number of hydrogen-bond donors (Lipinski definition) is 0. The predicted molar refractivity (Wildman–Crippen MR) is 49.7 cm³/mol. The number of anilines is 1. The molecule has 0 aliphatic carbocycles. The van der Waals surface area contributed by atoms with Crippen LogP contribution in [-0.2, 0) is 0 Å². The van der Waals surface area contributed by atoms with Crippen LogP contribution in [-0.4, -0.2) is 29.5 Å². The van der Waals surface area contributed by atoms with Gasteiger partial charge in [-0.15, -0.1) is 0 Å². The summed E-state index contributed by atoms with van der Waals surface area (Å²) in [5.41, 5.74) is 0. The van der Waals surface area contributed by atoms with E-state index in [0.717, 1.165) is 23.3 Å². The van der Waals surface area contributed by atoms with Gasteiger partial charge in [0.15, 0.2) is 11.6 Å². The molecule has 0 unspecified atom stereocenters. The number of rotatable bonds is 1. The molecule has 64 valence electrons. The van der Waals surface area contributed by atoms with Crippen molar-refractivity contribution in [1.29, 1.82) is 0 Å². The van der Waals surface area contributed by atoms with Crippen LogP contribution in [0.1, 0.15) is 0 Å². The van der Waals surface area contributed by atoms with Crippen LogP contribution in [0.15, 0.2) is 22.0 Å². The second kappa shape index (κ2) is 3.18. The molecular weight excluding hydrogens is 174 g/mol. The summed E-state index contributed by atoms with van der Waals surface area (Å²) in [7, 11) is 1.79. The van der Waals surface area contributed by atoms with Crippen LogP contribution in [0.4, 0.5) is 5.88 Å². The summed E-state index contributed by atoms with van der Waals surface area (Å²) < 4.78 is 5.17. The zero-order valence-corrected chi connectivity index (χ0v) is 7.54. The van der Waals surface area contributed by atoms with E-state index in [-0.39, 0.29) is 0 Å². The second-order valence-corrected chi connectivity index (χ2v) is 3.41. The van der Waals surface area contributed by atoms with E-state index in [1.807, 2.05) is 4.90 Å². The third-order valence-electron chi connectivity index (χ3n) is 1.65. The standard InChI is InChI=1S/C7H9N3OS/c1-8-7-10(2-3-12-7)6-4-9-5-11-6/h4-5H,2-3H2,1H3. The summed E-state index contributed by atoms with van der Waals surface area (Å²) in [6.45, 7) is 0.951. The Morgan fingerprint density at radius 2 is 2.67 bits per heavy atom. The molecule has 1 aromatic heterocycles. The van der Waals surface area contributed by atoms with Crippen LogP contribution >= 0.6 is 11.8 Å². The molecule has 4 nitrogen and oxygen atoms in total. The number of hydrogen-bond acceptors (Lipinski definition) is 4. The van der Waals surface area contributed by atoms with Crippen LogP contribution in [0.5, 0.6) is 0 Å². The summed E-state index contributed by atoms with van der Waals surface area (Å²) in [6.07, 6.45) is 3.14. The molecule has 0 aromatic carbocycles. The molecule has 1 fully saturated rings. The summed E-state index contributed by atoms with van der Waals surface area (Å²) in [5.74, 6) is 1.84. The lowest BCUT2D eigenvalue weighted by molar-refractivity contribution is 0.560. The highest BCUT2D eigenvalue weighted by Crippen LogP contribution is 2.24. The molecule has 0 bridgehead atoms. The lowest BCUT2D eigenvalue weighted by Crippen LogP contribution is -2.22. The van der Waals surface area contributed by atoms with Crippen molar-refractivity contribution >= 4 is 22.8 Å². The van der Waals surface area contributed by atoms with Gasteiger partial charge < -0.3 is 4.42 Å². The first-order valence-corrected chi connectivity index (χ1v) is 4.66. The van der Waals surface area contributed by atoms with E-state index < -0.39 is 0 Å². The van der Waals surface area contributed by atoms with E-state index in [0.29, 0.717) is 0 Å². The van der Waals surface area contributed by atoms with Gasteiger partial charge in [-0.3, -0.25) is 9.89 Å². The Morgan fingerprint density at radius 3 is 3.33 bits per heavy atom. The Hall–Kier alpha value is -0.970. The Morgan fingerprint density at radius 1 is 1.75 bits per heavy atom. The topological polar surface area (TPSA) is 41.6 Å². The predicted octanol–water partition coefficient (Wildman–Crippen LogP) is 1.21. The Labute approximate surface area is 74.7 Å². The average Bonchev–Trinajstić information content (AvgIpc) is 2.74. The van der Waals surface area contributed by atoms with Gasteiger partial charge in [-0.25, -0.2) is 4.98 Å². The van der Waals surface area contributed by atoms with Crippen molar-refractivity contribution in [3.8, 4) is 0 Å². The number of nitrogens with zero attached hydrogens (tertiary/aromatic N) is 3. The highest BCUT2D eigenvalue weighted by molar-refractivity contribution is 8.14. The fourth-order valence-electron chi connectivity index (χ4n) is 1.13. The lowest BCUT2D eigenvalue weighted by Gasteiger charge is -2.11. The van der Waals surface area contributed by atoms with Crippen LogP contribution in [0.25, 0.3) is 0 Å². The van der Waals surface area contributed by atoms with E-state index in [1.54, 1.807) is 25.0 Å². The van der Waals surface area contributed by atoms with Crippen molar-refractivity contribution in [3.63, 3.8) is 0 Å². The van der Waals surface area contributed by atoms with Gasteiger partial charge in [-0.2, -0.15) is 0 Å². The molecule has 5 heteroatoms. The zero-order chi connectivity index (χ0) is 8.39. The SMILES string of the molecule is CN=C1SCCN1c1cnco1. The average molecular weight is 183 g/mol. The second-order valence-electron chi connectivity index (χ2n) is 2.35. The fraction of sp³-hybridized carbons (Fsp3) is 0.429. The first kappa shape index (κ1) is 7.67. The minimum Gasteiger partial charge on any atom is -0.428 e. The van der Waals surface area contributed by atoms with E-state index >= 15 is 0 Å². The highest BCUT2D eigenvalue weighted by Gasteiger charge is 2.22. The number of oxazole rings is 1. The van der Waals surface area contributed by atoms with Crippen LogP contribution in [0.3, 0.4) is 0 Å². The Kier molecular flexibility index (Phi) is 2.03. The van der Waals surface area contributed by atoms with Crippen LogP contribution < -0.4 is 4.90 Å². The number of aliphatic imine (C=N–C) groups is 1. The molecule has 0 amide bonds. The van der Waals surface area contributed by atoms with Gasteiger partial charge in [0.25, 0.3) is 0 Å². The van der Waals surface area contributed by atoms with Gasteiger partial charge in [0, 0.05) is 19.3 Å². The molecule has 1 saturated heterocycles. The monoisotopic (exact) mass is 183 g/mol. The molecule has 1 aromatic rings. The lowest BCUT2D eigenvalue weighted by atomic mass is 10.6. The number of amidine groups is 1. The Balaban J connectivity index is 2.24. The van der Waals surface area contributed by atoms with Crippen LogP contribution in [0.2, 0.25) is 0 Å². The van der Waals surface area contributed by atoms with Crippen molar-refractivity contribution in [2.75, 3.05) is 24.2 Å². The summed E-state index contributed by atoms with van der Waals surface area (Å²) in [4.78, 5) is 10.0. The third-order valence-corrected chi connectivity index (χ3v) is 2.70. The van der Waals surface area contributed by atoms with Gasteiger partial charge in [0.05, 0.1) is 6.20 Å². The number of thioether (sulfide) groups is 1. The molecule has 1 aliphatic heterocycles. The van der Waals surface area contributed by atoms with Gasteiger partial charge in [0.2, 0.25) is 5.88 Å². The molecule has 0 N–H and O–H groups in total. The maximum absolute atomic E-state index is 5.17. The van der Waals surface area contributed by atoms with Crippen molar-refractivity contribution < 1.29 is 4.42 Å². The van der Waals surface area contributed by atoms with Crippen molar-refractivity contribution in [2.24, 2.45) is 4.99 Å². The summed E-state index contributed by atoms with van der Waals surface area (Å²) in [5, 5.41) is 1.01. The van der Waals surface area contributed by atoms with Crippen molar-refractivity contribution in [2.45, 2.75) is 0 Å². The maximum atomic E-state index is 5.17. The van der Waals surface area contributed by atoms with Crippen molar-refractivity contribution in [3.05, 3.63) is 12.6 Å². The van der Waals surface area contributed by atoms with Gasteiger partial charge in [-0.1, -0.05) is 11.8 Å². The van der Waals surface area contributed by atoms with Gasteiger partial charge in [-0.05, 0) is 0 Å². The molecular formula is C7H9N3OS. The largest absolute Gasteiger partial charge is 0.428 e. The third kappa shape index (κ3) is 1.20. The number of aromatic nitrogens is 1. The molecule has 0 spiro atoms. The molecule has 2 heterocycles. The minimum atomic E-state index is 0.778. The highest BCUT2D eigenvalue weighted by atomic mass is 32.2. The molecule has 0 saturated carbocycles. The molecule has 0 atom stereocenters. The molecule has 12 heavy (non-hydrogen) atoms. The van der Waals surface area contributed by atoms with E-state index in [1.165, 1.54) is 6.39 Å². The van der Waals surface area contributed by atoms with Gasteiger partial charge >= 0.3 is 0 Å². The molecule has 0 radical (unpaired) electrons. The zero-order valence-electron chi connectivity index (χ0n) is 6.73. The first-order valence-electron chi connectivity index (χ1n) is 3.67. The van der Waals surface area contributed by atoms with Crippen molar-refractivity contribution in [1.82, 2.24) is 4.98 Å². The Bertz CT molecular complexity index is 283.